The van der Waals surface area contributed by atoms with E-state index in [-0.39, 0.29) is 0 Å². The first-order valence-corrected chi connectivity index (χ1v) is 5.53. The van der Waals surface area contributed by atoms with Gasteiger partial charge in [-0.1, -0.05) is 0 Å². The molecule has 1 saturated heterocycles. The molecular weight excluding hydrogens is 174 g/mol. The second kappa shape index (κ2) is 6.71. The van der Waals surface area contributed by atoms with E-state index < -0.39 is 0 Å². The van der Waals surface area contributed by atoms with Gasteiger partial charge in [0.2, 0.25) is 0 Å². The van der Waals surface area contributed by atoms with Crippen LogP contribution in [0.1, 0.15) is 12.8 Å². The smallest absolute Gasteiger partial charge is 0.0915 e. The Morgan fingerprint density at radius 3 is 2.75 bits per heavy atom. The molecule has 1 fully saturated rings. The lowest BCUT2D eigenvalue weighted by Crippen LogP contribution is -2.33. The van der Waals surface area contributed by atoms with Crippen LogP contribution in [0.3, 0.4) is 0 Å². The van der Waals surface area contributed by atoms with Gasteiger partial charge >= 0.3 is 0 Å². The van der Waals surface area contributed by atoms with E-state index in [4.69, 9.17) is 9.57 Å². The third-order valence-electron chi connectivity index (χ3n) is 1.86. The topological polar surface area (TPSA) is 30.5 Å². The van der Waals surface area contributed by atoms with Gasteiger partial charge in [-0.15, -0.1) is 0 Å². The van der Waals surface area contributed by atoms with Crippen molar-refractivity contribution in [2.24, 2.45) is 0 Å². The van der Waals surface area contributed by atoms with Crippen LogP contribution < -0.4 is 5.48 Å². The fourth-order valence-corrected chi connectivity index (χ4v) is 2.22. The molecule has 1 heterocycles. The Morgan fingerprint density at radius 1 is 1.33 bits per heavy atom. The fraction of sp³-hybridized carbons (Fsp3) is 1.00. The van der Waals surface area contributed by atoms with E-state index in [9.17, 15) is 0 Å². The summed E-state index contributed by atoms with van der Waals surface area (Å²) in [6, 6.07) is 0.558. The summed E-state index contributed by atoms with van der Waals surface area (Å²) in [6.07, 6.45) is 2.44. The summed E-state index contributed by atoms with van der Waals surface area (Å²) in [5, 5.41) is 0. The van der Waals surface area contributed by atoms with E-state index in [1.54, 1.807) is 7.11 Å². The fourth-order valence-electron chi connectivity index (χ4n) is 1.12. The van der Waals surface area contributed by atoms with Gasteiger partial charge in [0, 0.05) is 13.2 Å². The number of nitrogens with one attached hydrogen (secondary N) is 1. The van der Waals surface area contributed by atoms with Crippen molar-refractivity contribution in [1.29, 1.82) is 0 Å². The van der Waals surface area contributed by atoms with E-state index in [1.165, 1.54) is 24.3 Å². The summed E-state index contributed by atoms with van der Waals surface area (Å²) in [5.41, 5.74) is 3.06. The molecule has 0 aliphatic carbocycles. The van der Waals surface area contributed by atoms with Crippen molar-refractivity contribution in [3.05, 3.63) is 0 Å². The second-order valence-electron chi connectivity index (χ2n) is 2.85. The molecule has 12 heavy (non-hydrogen) atoms. The number of hydrogen-bond acceptors (Lipinski definition) is 4. The Hall–Kier alpha value is 0.230. The molecule has 72 valence electrons. The number of hydrogen-bond donors (Lipinski definition) is 1. The van der Waals surface area contributed by atoms with Crippen molar-refractivity contribution in [1.82, 2.24) is 5.48 Å². The summed E-state index contributed by atoms with van der Waals surface area (Å²) in [6.45, 7) is 1.30. The van der Waals surface area contributed by atoms with E-state index in [0.29, 0.717) is 19.3 Å². The van der Waals surface area contributed by atoms with Gasteiger partial charge in [-0.05, 0) is 24.3 Å². The molecule has 1 N–H and O–H groups in total. The Bertz CT molecular complexity index is 107. The summed E-state index contributed by atoms with van der Waals surface area (Å²) in [5.74, 6) is 2.51. The van der Waals surface area contributed by atoms with E-state index >= 15 is 0 Å². The standard InChI is InChI=1S/C8H17NO2S/c1-10-4-5-11-9-8-2-6-12-7-3-8/h8-9H,2-7H2,1H3. The molecule has 0 saturated carbocycles. The molecule has 0 radical (unpaired) electrons. The lowest BCUT2D eigenvalue weighted by atomic mass is 10.2. The van der Waals surface area contributed by atoms with Crippen molar-refractivity contribution in [2.75, 3.05) is 31.8 Å². The van der Waals surface area contributed by atoms with Gasteiger partial charge in [-0.2, -0.15) is 17.2 Å². The number of rotatable bonds is 5. The van der Waals surface area contributed by atoms with Crippen LogP contribution >= 0.6 is 11.8 Å². The van der Waals surface area contributed by atoms with Crippen LogP contribution in [0.25, 0.3) is 0 Å². The largest absolute Gasteiger partial charge is 0.382 e. The Kier molecular flexibility index (Phi) is 5.77. The molecule has 0 spiro atoms. The first-order chi connectivity index (χ1) is 5.93. The highest BCUT2D eigenvalue weighted by atomic mass is 32.2. The van der Waals surface area contributed by atoms with E-state index in [0.717, 1.165) is 0 Å². The van der Waals surface area contributed by atoms with Crippen LogP contribution in [0.2, 0.25) is 0 Å². The molecule has 0 aromatic carbocycles. The third-order valence-corrected chi connectivity index (χ3v) is 2.91. The lowest BCUT2D eigenvalue weighted by molar-refractivity contribution is -0.0131. The molecule has 1 rings (SSSR count). The zero-order valence-electron chi connectivity index (χ0n) is 7.54. The van der Waals surface area contributed by atoms with Crippen molar-refractivity contribution in [2.45, 2.75) is 18.9 Å². The highest BCUT2D eigenvalue weighted by molar-refractivity contribution is 7.99. The second-order valence-corrected chi connectivity index (χ2v) is 4.07. The summed E-state index contributed by atoms with van der Waals surface area (Å²) in [7, 11) is 1.68. The normalized spacial score (nSPS) is 19.8. The highest BCUT2D eigenvalue weighted by Gasteiger charge is 2.12. The average Bonchev–Trinajstić information content (AvgIpc) is 2.14. The van der Waals surface area contributed by atoms with E-state index in [1.807, 2.05) is 11.8 Å². The molecule has 0 unspecified atom stereocenters. The van der Waals surface area contributed by atoms with Gasteiger partial charge in [0.25, 0.3) is 0 Å². The van der Waals surface area contributed by atoms with Crippen molar-refractivity contribution in [3.63, 3.8) is 0 Å². The molecule has 0 aromatic rings. The van der Waals surface area contributed by atoms with Gasteiger partial charge in [0.15, 0.2) is 0 Å². The summed E-state index contributed by atoms with van der Waals surface area (Å²) < 4.78 is 4.86. The average molecular weight is 191 g/mol. The molecule has 1 aliphatic rings. The van der Waals surface area contributed by atoms with Crippen LogP contribution in [0.5, 0.6) is 0 Å². The molecule has 3 nitrogen and oxygen atoms in total. The molecular formula is C8H17NO2S. The summed E-state index contributed by atoms with van der Waals surface area (Å²) >= 11 is 2.02. The quantitative estimate of drug-likeness (QED) is 0.520. The van der Waals surface area contributed by atoms with Crippen molar-refractivity contribution >= 4 is 11.8 Å². The molecule has 0 amide bonds. The van der Waals surface area contributed by atoms with Gasteiger partial charge in [-0.25, -0.2) is 0 Å². The SMILES string of the molecule is COCCONC1CCSCC1. The number of thioether (sulfide) groups is 1. The molecule has 0 aromatic heterocycles. The maximum atomic E-state index is 5.23. The van der Waals surface area contributed by atoms with Crippen LogP contribution in [0.4, 0.5) is 0 Å². The van der Waals surface area contributed by atoms with Crippen LogP contribution in [0.15, 0.2) is 0 Å². The first-order valence-electron chi connectivity index (χ1n) is 4.37. The summed E-state index contributed by atoms with van der Waals surface area (Å²) in [4.78, 5) is 5.23. The predicted molar refractivity (Wildman–Crippen MR) is 51.3 cm³/mol. The third kappa shape index (κ3) is 4.30. The molecule has 1 aliphatic heterocycles. The Balaban J connectivity index is 1.91. The highest BCUT2D eigenvalue weighted by Crippen LogP contribution is 2.16. The minimum absolute atomic E-state index is 0.558. The maximum Gasteiger partial charge on any atom is 0.0915 e. The van der Waals surface area contributed by atoms with Crippen LogP contribution in [-0.2, 0) is 9.57 Å². The van der Waals surface area contributed by atoms with Gasteiger partial charge in [0.1, 0.15) is 0 Å². The number of methoxy groups -OCH3 is 1. The first kappa shape index (κ1) is 10.3. The zero-order valence-corrected chi connectivity index (χ0v) is 8.36. The number of hydroxylamine groups is 1. The van der Waals surface area contributed by atoms with Crippen molar-refractivity contribution in [3.8, 4) is 0 Å². The van der Waals surface area contributed by atoms with Gasteiger partial charge in [-0.3, -0.25) is 4.84 Å². The van der Waals surface area contributed by atoms with Crippen LogP contribution in [-0.4, -0.2) is 37.9 Å². The zero-order chi connectivity index (χ0) is 8.65. The molecule has 0 bridgehead atoms. The minimum Gasteiger partial charge on any atom is -0.382 e. The van der Waals surface area contributed by atoms with E-state index in [2.05, 4.69) is 5.48 Å². The number of ether oxygens (including phenoxy) is 1. The van der Waals surface area contributed by atoms with Crippen LogP contribution in [0, 0.1) is 0 Å². The van der Waals surface area contributed by atoms with Crippen molar-refractivity contribution < 1.29 is 9.57 Å². The monoisotopic (exact) mass is 191 g/mol. The minimum atomic E-state index is 0.558. The maximum absolute atomic E-state index is 5.23. The Morgan fingerprint density at radius 2 is 2.08 bits per heavy atom. The van der Waals surface area contributed by atoms with Gasteiger partial charge < -0.3 is 4.74 Å². The Labute approximate surface area is 78.1 Å². The molecule has 0 atom stereocenters. The molecule has 4 heteroatoms. The lowest BCUT2D eigenvalue weighted by Gasteiger charge is -2.21. The predicted octanol–water partition coefficient (Wildman–Crippen LogP) is 1.05. The van der Waals surface area contributed by atoms with Gasteiger partial charge in [0.05, 0.1) is 13.2 Å².